The van der Waals surface area contributed by atoms with Gasteiger partial charge in [-0.05, 0) is 12.1 Å². The molecule has 7 nitrogen and oxygen atoms in total. The number of aryl methyl sites for hydroxylation is 2. The Bertz CT molecular complexity index is 1000. The minimum atomic E-state index is -0.0838. The van der Waals surface area contributed by atoms with E-state index < -0.39 is 0 Å². The molecule has 3 heterocycles. The van der Waals surface area contributed by atoms with Crippen LogP contribution in [0, 0.1) is 0 Å². The minimum absolute atomic E-state index is 0.0838. The highest BCUT2D eigenvalue weighted by Crippen LogP contribution is 2.27. The first-order chi connectivity index (χ1) is 12.5. The van der Waals surface area contributed by atoms with Gasteiger partial charge in [0.2, 0.25) is 0 Å². The van der Waals surface area contributed by atoms with Gasteiger partial charge in [-0.15, -0.1) is 0 Å². The summed E-state index contributed by atoms with van der Waals surface area (Å²) in [6.07, 6.45) is 1.75. The molecule has 3 aromatic rings. The van der Waals surface area contributed by atoms with E-state index in [1.165, 1.54) is 4.68 Å². The Labute approximate surface area is 156 Å². The van der Waals surface area contributed by atoms with Crippen LogP contribution in [0.4, 0.5) is 5.69 Å². The molecule has 8 heteroatoms. The van der Waals surface area contributed by atoms with Crippen molar-refractivity contribution >= 4 is 28.2 Å². The average molecular weight is 373 g/mol. The molecule has 0 unspecified atom stereocenters. The van der Waals surface area contributed by atoms with Gasteiger partial charge in [0.15, 0.2) is 0 Å². The van der Waals surface area contributed by atoms with Crippen molar-refractivity contribution in [3.05, 3.63) is 51.5 Å². The highest BCUT2D eigenvalue weighted by Gasteiger charge is 2.21. The van der Waals surface area contributed by atoms with E-state index in [-0.39, 0.29) is 5.56 Å². The van der Waals surface area contributed by atoms with E-state index in [4.69, 9.17) is 11.6 Å². The van der Waals surface area contributed by atoms with Gasteiger partial charge in [-0.25, -0.2) is 4.68 Å². The minimum Gasteiger partial charge on any atom is -0.368 e. The molecule has 2 aromatic heterocycles. The van der Waals surface area contributed by atoms with E-state index >= 15 is 0 Å². The fraction of sp³-hybridized carbons (Fsp3) is 0.389. The molecule has 1 fully saturated rings. The zero-order chi connectivity index (χ0) is 18.3. The maximum atomic E-state index is 11.8. The van der Waals surface area contributed by atoms with Gasteiger partial charge in [0.05, 0.1) is 28.1 Å². The third kappa shape index (κ3) is 3.08. The fourth-order valence-corrected chi connectivity index (χ4v) is 3.75. The first kappa shape index (κ1) is 17.1. The number of nitrogens with zero attached hydrogens (tertiary/aromatic N) is 6. The predicted octanol–water partition coefficient (Wildman–Crippen LogP) is 1.64. The molecular formula is C18H21ClN6O. The van der Waals surface area contributed by atoms with E-state index in [1.807, 2.05) is 29.9 Å². The summed E-state index contributed by atoms with van der Waals surface area (Å²) >= 11 is 6.41. The largest absolute Gasteiger partial charge is 0.368 e. The standard InChI is InChI=1S/C18H21ClN6O/c1-22-16-5-3-4-14(19)18(16)15(21-22)12-24-6-8-25(9-7-24)13-10-17(26)23(2)20-11-13/h3-5,10-11H,6-9,12H2,1-2H3. The first-order valence-electron chi connectivity index (χ1n) is 8.63. The van der Waals surface area contributed by atoms with E-state index in [1.54, 1.807) is 19.3 Å². The maximum Gasteiger partial charge on any atom is 0.268 e. The van der Waals surface area contributed by atoms with Gasteiger partial charge in [0, 0.05) is 58.3 Å². The predicted molar refractivity (Wildman–Crippen MR) is 103 cm³/mol. The van der Waals surface area contributed by atoms with Crippen molar-refractivity contribution in [1.29, 1.82) is 0 Å². The SMILES string of the molecule is Cn1ncc(N2CCN(Cc3nn(C)c4cccc(Cl)c34)CC2)cc1=O. The third-order valence-corrected chi connectivity index (χ3v) is 5.28. The Morgan fingerprint density at radius 3 is 2.62 bits per heavy atom. The van der Waals surface area contributed by atoms with Crippen molar-refractivity contribution in [2.45, 2.75) is 6.54 Å². The lowest BCUT2D eigenvalue weighted by molar-refractivity contribution is 0.247. The summed E-state index contributed by atoms with van der Waals surface area (Å²) in [6.45, 7) is 4.28. The van der Waals surface area contributed by atoms with Crippen LogP contribution in [0.1, 0.15) is 5.69 Å². The second-order valence-electron chi connectivity index (χ2n) is 6.64. The van der Waals surface area contributed by atoms with Gasteiger partial charge in [-0.1, -0.05) is 17.7 Å². The average Bonchev–Trinajstić information content (AvgIpc) is 2.95. The van der Waals surface area contributed by atoms with Crippen molar-refractivity contribution < 1.29 is 0 Å². The Morgan fingerprint density at radius 2 is 1.88 bits per heavy atom. The van der Waals surface area contributed by atoms with Crippen LogP contribution < -0.4 is 10.5 Å². The fourth-order valence-electron chi connectivity index (χ4n) is 3.47. The lowest BCUT2D eigenvalue weighted by atomic mass is 10.2. The molecule has 1 aromatic carbocycles. The second-order valence-corrected chi connectivity index (χ2v) is 7.05. The molecule has 0 spiro atoms. The molecule has 1 aliphatic rings. The highest BCUT2D eigenvalue weighted by atomic mass is 35.5. The molecule has 4 rings (SSSR count). The van der Waals surface area contributed by atoms with Gasteiger partial charge in [-0.3, -0.25) is 14.4 Å². The molecule has 26 heavy (non-hydrogen) atoms. The van der Waals surface area contributed by atoms with Gasteiger partial charge >= 0.3 is 0 Å². The number of hydrogen-bond donors (Lipinski definition) is 0. The molecule has 136 valence electrons. The van der Waals surface area contributed by atoms with Crippen LogP contribution in [0.3, 0.4) is 0 Å². The van der Waals surface area contributed by atoms with Crippen LogP contribution in [-0.4, -0.2) is 50.6 Å². The lowest BCUT2D eigenvalue weighted by Crippen LogP contribution is -2.46. The van der Waals surface area contributed by atoms with Crippen molar-refractivity contribution in [3.63, 3.8) is 0 Å². The zero-order valence-electron chi connectivity index (χ0n) is 14.9. The molecule has 0 N–H and O–H groups in total. The molecule has 0 bridgehead atoms. The number of anilines is 1. The number of aromatic nitrogens is 4. The topological polar surface area (TPSA) is 59.2 Å². The van der Waals surface area contributed by atoms with Crippen LogP contribution in [0.15, 0.2) is 35.3 Å². The number of piperazine rings is 1. The molecule has 0 amide bonds. The second kappa shape index (κ2) is 6.74. The molecule has 0 radical (unpaired) electrons. The monoisotopic (exact) mass is 372 g/mol. The van der Waals surface area contributed by atoms with Gasteiger partial charge < -0.3 is 4.90 Å². The number of rotatable bonds is 3. The number of halogens is 1. The number of fused-ring (bicyclic) bond motifs is 1. The Morgan fingerprint density at radius 1 is 1.12 bits per heavy atom. The summed E-state index contributed by atoms with van der Waals surface area (Å²) in [7, 11) is 3.61. The van der Waals surface area contributed by atoms with E-state index in [0.717, 1.165) is 60.0 Å². The van der Waals surface area contributed by atoms with Crippen LogP contribution in [0.5, 0.6) is 0 Å². The summed E-state index contributed by atoms with van der Waals surface area (Å²) in [5, 5.41) is 10.6. The van der Waals surface area contributed by atoms with Crippen molar-refractivity contribution in [2.24, 2.45) is 14.1 Å². The summed E-state index contributed by atoms with van der Waals surface area (Å²) in [6, 6.07) is 7.55. The van der Waals surface area contributed by atoms with Gasteiger partial charge in [-0.2, -0.15) is 10.2 Å². The summed E-state index contributed by atoms with van der Waals surface area (Å²) in [5.41, 5.74) is 2.87. The molecule has 0 atom stereocenters. The van der Waals surface area contributed by atoms with Crippen molar-refractivity contribution in [2.75, 3.05) is 31.1 Å². The van der Waals surface area contributed by atoms with Gasteiger partial charge in [0.25, 0.3) is 5.56 Å². The summed E-state index contributed by atoms with van der Waals surface area (Å²) in [4.78, 5) is 16.4. The first-order valence-corrected chi connectivity index (χ1v) is 9.01. The van der Waals surface area contributed by atoms with Gasteiger partial charge in [0.1, 0.15) is 0 Å². The zero-order valence-corrected chi connectivity index (χ0v) is 15.6. The van der Waals surface area contributed by atoms with E-state index in [2.05, 4.69) is 20.0 Å². The Kier molecular flexibility index (Phi) is 4.42. The smallest absolute Gasteiger partial charge is 0.268 e. The van der Waals surface area contributed by atoms with Crippen LogP contribution in [0.2, 0.25) is 5.02 Å². The number of hydrogen-bond acceptors (Lipinski definition) is 5. The third-order valence-electron chi connectivity index (χ3n) is 4.96. The molecule has 1 saturated heterocycles. The van der Waals surface area contributed by atoms with Crippen molar-refractivity contribution in [1.82, 2.24) is 24.5 Å². The van der Waals surface area contributed by atoms with E-state index in [9.17, 15) is 4.79 Å². The Hall–Kier alpha value is -2.38. The molecule has 0 saturated carbocycles. The van der Waals surface area contributed by atoms with Crippen LogP contribution in [0.25, 0.3) is 10.9 Å². The lowest BCUT2D eigenvalue weighted by Gasteiger charge is -2.35. The molecule has 1 aliphatic heterocycles. The number of benzene rings is 1. The quantitative estimate of drug-likeness (QED) is 0.699. The van der Waals surface area contributed by atoms with Crippen LogP contribution in [-0.2, 0) is 20.6 Å². The maximum absolute atomic E-state index is 11.8. The highest BCUT2D eigenvalue weighted by molar-refractivity contribution is 6.35. The molecular weight excluding hydrogens is 352 g/mol. The van der Waals surface area contributed by atoms with Crippen LogP contribution >= 0.6 is 11.6 Å². The Balaban J connectivity index is 1.48. The normalized spacial score (nSPS) is 15.7. The molecule has 0 aliphatic carbocycles. The summed E-state index contributed by atoms with van der Waals surface area (Å²) < 4.78 is 3.23. The summed E-state index contributed by atoms with van der Waals surface area (Å²) in [5.74, 6) is 0. The van der Waals surface area contributed by atoms with E-state index in [0.29, 0.717) is 0 Å². The van der Waals surface area contributed by atoms with Crippen molar-refractivity contribution in [3.8, 4) is 0 Å².